The van der Waals surface area contributed by atoms with Crippen molar-refractivity contribution < 1.29 is 4.79 Å². The van der Waals surface area contributed by atoms with Crippen LogP contribution >= 0.6 is 27.3 Å². The van der Waals surface area contributed by atoms with Crippen LogP contribution in [0.15, 0.2) is 39.5 Å². The number of carbonyl (C=O) groups excluding carboxylic acids is 1. The van der Waals surface area contributed by atoms with E-state index in [9.17, 15) is 4.79 Å². The zero-order chi connectivity index (χ0) is 15.5. The average molecular weight is 380 g/mol. The molecule has 0 unspecified atom stereocenters. The largest absolute Gasteiger partial charge is 0.369 e. The zero-order valence-corrected chi connectivity index (χ0v) is 14.8. The molecule has 116 valence electrons. The van der Waals surface area contributed by atoms with Crippen molar-refractivity contribution in [2.24, 2.45) is 0 Å². The molecule has 0 aliphatic carbocycles. The number of benzene rings is 1. The fraction of sp³-hybridized carbons (Fsp3) is 0.312. The van der Waals surface area contributed by atoms with E-state index < -0.39 is 0 Å². The third kappa shape index (κ3) is 3.69. The topological polar surface area (TPSA) is 35.6 Å². The van der Waals surface area contributed by atoms with Crippen LogP contribution in [0, 0.1) is 0 Å². The van der Waals surface area contributed by atoms with E-state index in [1.165, 1.54) is 17.0 Å². The average Bonchev–Trinajstić information content (AvgIpc) is 2.96. The molecule has 0 bridgehead atoms. The van der Waals surface area contributed by atoms with E-state index in [-0.39, 0.29) is 5.91 Å². The number of piperazine rings is 1. The predicted octanol–water partition coefficient (Wildman–Crippen LogP) is 3.51. The first-order valence-corrected chi connectivity index (χ1v) is 8.88. The van der Waals surface area contributed by atoms with Gasteiger partial charge >= 0.3 is 0 Å². The fourth-order valence-corrected chi connectivity index (χ4v) is 3.59. The molecule has 2 heterocycles. The highest BCUT2D eigenvalue weighted by Gasteiger charge is 2.14. The minimum atomic E-state index is -0.0747. The monoisotopic (exact) mass is 379 g/mol. The summed E-state index contributed by atoms with van der Waals surface area (Å²) in [6.45, 7) is 4.27. The minimum absolute atomic E-state index is 0.0747. The number of halogens is 1. The van der Waals surface area contributed by atoms with Crippen LogP contribution in [0.3, 0.4) is 0 Å². The Morgan fingerprint density at radius 3 is 2.45 bits per heavy atom. The van der Waals surface area contributed by atoms with Gasteiger partial charge < -0.3 is 15.1 Å². The van der Waals surface area contributed by atoms with Gasteiger partial charge in [0, 0.05) is 42.9 Å². The van der Waals surface area contributed by atoms with Gasteiger partial charge in [-0.05, 0) is 53.3 Å². The summed E-state index contributed by atoms with van der Waals surface area (Å²) in [5, 5.41) is 4.77. The Hall–Kier alpha value is -1.37. The van der Waals surface area contributed by atoms with Gasteiger partial charge in [0.2, 0.25) is 0 Å². The number of nitrogens with zero attached hydrogens (tertiary/aromatic N) is 2. The highest BCUT2D eigenvalue weighted by molar-refractivity contribution is 9.11. The van der Waals surface area contributed by atoms with Crippen LogP contribution in [0.5, 0.6) is 0 Å². The van der Waals surface area contributed by atoms with Gasteiger partial charge in [0.25, 0.3) is 5.91 Å². The van der Waals surface area contributed by atoms with E-state index in [1.54, 1.807) is 0 Å². The van der Waals surface area contributed by atoms with Crippen LogP contribution in [0.4, 0.5) is 11.4 Å². The third-order valence-electron chi connectivity index (χ3n) is 3.82. The maximum absolute atomic E-state index is 12.1. The molecule has 1 aromatic carbocycles. The molecule has 2 aromatic rings. The Bertz CT molecular complexity index is 648. The number of carbonyl (C=O) groups is 1. The van der Waals surface area contributed by atoms with Gasteiger partial charge in [-0.15, -0.1) is 11.3 Å². The molecular weight excluding hydrogens is 362 g/mol. The molecule has 0 saturated carbocycles. The van der Waals surface area contributed by atoms with E-state index in [0.717, 1.165) is 35.7 Å². The second-order valence-electron chi connectivity index (χ2n) is 5.43. The standard InChI is InChI=1S/C16H18BrN3OS/c1-19-6-8-20(9-7-19)14-4-2-13(3-5-14)18-16(21)12-10-15(17)22-11-12/h2-5,10-11H,6-9H2,1H3,(H,18,21). The summed E-state index contributed by atoms with van der Waals surface area (Å²) in [5.74, 6) is -0.0747. The first-order valence-electron chi connectivity index (χ1n) is 7.21. The summed E-state index contributed by atoms with van der Waals surface area (Å²) in [5.41, 5.74) is 2.72. The van der Waals surface area contributed by atoms with Gasteiger partial charge in [-0.3, -0.25) is 4.79 Å². The van der Waals surface area contributed by atoms with Crippen molar-refractivity contribution in [3.63, 3.8) is 0 Å². The van der Waals surface area contributed by atoms with Crippen molar-refractivity contribution in [2.45, 2.75) is 0 Å². The van der Waals surface area contributed by atoms with Gasteiger partial charge in [-0.2, -0.15) is 0 Å². The van der Waals surface area contributed by atoms with Crippen molar-refractivity contribution in [3.05, 3.63) is 45.1 Å². The van der Waals surface area contributed by atoms with Crippen LogP contribution in [-0.2, 0) is 0 Å². The lowest BCUT2D eigenvalue weighted by Crippen LogP contribution is -2.44. The Labute approximate surface area is 142 Å². The Kier molecular flexibility index (Phi) is 4.81. The lowest BCUT2D eigenvalue weighted by atomic mass is 10.2. The molecule has 0 radical (unpaired) electrons. The van der Waals surface area contributed by atoms with Crippen molar-refractivity contribution in [1.82, 2.24) is 4.90 Å². The molecule has 0 spiro atoms. The lowest BCUT2D eigenvalue weighted by molar-refractivity contribution is 0.102. The van der Waals surface area contributed by atoms with E-state index in [4.69, 9.17) is 0 Å². The summed E-state index contributed by atoms with van der Waals surface area (Å²) >= 11 is 4.88. The van der Waals surface area contributed by atoms with E-state index in [0.29, 0.717) is 5.56 Å². The quantitative estimate of drug-likeness (QED) is 0.885. The molecule has 6 heteroatoms. The summed E-state index contributed by atoms with van der Waals surface area (Å²) in [6.07, 6.45) is 0. The number of amides is 1. The van der Waals surface area contributed by atoms with E-state index in [1.807, 2.05) is 23.6 Å². The molecule has 3 rings (SSSR count). The summed E-state index contributed by atoms with van der Waals surface area (Å²) in [6, 6.07) is 9.91. The molecule has 1 amide bonds. The van der Waals surface area contributed by atoms with Gasteiger partial charge in [-0.1, -0.05) is 0 Å². The number of hydrogen-bond donors (Lipinski definition) is 1. The number of likely N-dealkylation sites (N-methyl/N-ethyl adjacent to an activating group) is 1. The maximum Gasteiger partial charge on any atom is 0.256 e. The van der Waals surface area contributed by atoms with Crippen LogP contribution in [0.2, 0.25) is 0 Å². The summed E-state index contributed by atoms with van der Waals surface area (Å²) in [4.78, 5) is 16.8. The second kappa shape index (κ2) is 6.81. The zero-order valence-electron chi connectivity index (χ0n) is 12.4. The van der Waals surface area contributed by atoms with Gasteiger partial charge in [0.1, 0.15) is 0 Å². The van der Waals surface area contributed by atoms with Crippen LogP contribution < -0.4 is 10.2 Å². The Balaban J connectivity index is 1.63. The Morgan fingerprint density at radius 1 is 1.18 bits per heavy atom. The molecule has 4 nitrogen and oxygen atoms in total. The first-order chi connectivity index (χ1) is 10.6. The third-order valence-corrected chi connectivity index (χ3v) is 5.33. The van der Waals surface area contributed by atoms with Gasteiger partial charge in [0.15, 0.2) is 0 Å². The maximum atomic E-state index is 12.1. The molecular formula is C16H18BrN3OS. The van der Waals surface area contributed by atoms with Crippen molar-refractivity contribution in [3.8, 4) is 0 Å². The predicted molar refractivity (Wildman–Crippen MR) is 96.1 cm³/mol. The van der Waals surface area contributed by atoms with Crippen molar-refractivity contribution in [2.75, 3.05) is 43.4 Å². The van der Waals surface area contributed by atoms with Crippen molar-refractivity contribution in [1.29, 1.82) is 0 Å². The fourth-order valence-electron chi connectivity index (χ4n) is 2.45. The van der Waals surface area contributed by atoms with E-state index in [2.05, 4.69) is 50.2 Å². The smallest absolute Gasteiger partial charge is 0.256 e. The molecule has 1 N–H and O–H groups in total. The number of thiophene rings is 1. The number of anilines is 2. The minimum Gasteiger partial charge on any atom is -0.369 e. The van der Waals surface area contributed by atoms with Crippen LogP contribution in [0.1, 0.15) is 10.4 Å². The van der Waals surface area contributed by atoms with Crippen molar-refractivity contribution >= 4 is 44.5 Å². The lowest BCUT2D eigenvalue weighted by Gasteiger charge is -2.34. The molecule has 1 aromatic heterocycles. The Morgan fingerprint density at radius 2 is 1.86 bits per heavy atom. The number of nitrogens with one attached hydrogen (secondary N) is 1. The molecule has 1 fully saturated rings. The highest BCUT2D eigenvalue weighted by Crippen LogP contribution is 2.23. The SMILES string of the molecule is CN1CCN(c2ccc(NC(=O)c3csc(Br)c3)cc2)CC1. The molecule has 0 atom stereocenters. The molecule has 1 aliphatic heterocycles. The first kappa shape index (κ1) is 15.5. The molecule has 1 saturated heterocycles. The van der Waals surface area contributed by atoms with Gasteiger partial charge in [-0.25, -0.2) is 0 Å². The van der Waals surface area contributed by atoms with Gasteiger partial charge in [0.05, 0.1) is 9.35 Å². The molecule has 1 aliphatic rings. The number of rotatable bonds is 3. The number of hydrogen-bond acceptors (Lipinski definition) is 4. The van der Waals surface area contributed by atoms with Crippen LogP contribution in [-0.4, -0.2) is 44.0 Å². The second-order valence-corrected chi connectivity index (χ2v) is 7.72. The molecule has 22 heavy (non-hydrogen) atoms. The normalized spacial score (nSPS) is 15.8. The van der Waals surface area contributed by atoms with Crippen LogP contribution in [0.25, 0.3) is 0 Å². The summed E-state index contributed by atoms with van der Waals surface area (Å²) in [7, 11) is 2.15. The summed E-state index contributed by atoms with van der Waals surface area (Å²) < 4.78 is 0.961. The van der Waals surface area contributed by atoms with E-state index >= 15 is 0 Å². The highest BCUT2D eigenvalue weighted by atomic mass is 79.9.